The topological polar surface area (TPSA) is 77.7 Å². The molecule has 2 aromatic carbocycles. The number of rotatable bonds is 5. The SMILES string of the molecule is CCN(Cc1ccc2c(c1)OCCO2)C(=O)c1cc(-c2ccc(C)cc2)nc2onc(C)c12. The Hall–Kier alpha value is -3.87. The fourth-order valence-electron chi connectivity index (χ4n) is 4.04. The summed E-state index contributed by atoms with van der Waals surface area (Å²) in [6.07, 6.45) is 0. The minimum atomic E-state index is -0.0977. The van der Waals surface area contributed by atoms with Gasteiger partial charge in [-0.2, -0.15) is 0 Å². The zero-order valence-electron chi connectivity index (χ0n) is 18.9. The van der Waals surface area contributed by atoms with Crippen molar-refractivity contribution < 1.29 is 18.8 Å². The lowest BCUT2D eigenvalue weighted by atomic mass is 10.0. The van der Waals surface area contributed by atoms with Gasteiger partial charge in [-0.15, -0.1) is 0 Å². The van der Waals surface area contributed by atoms with Gasteiger partial charge in [-0.25, -0.2) is 4.98 Å². The number of pyridine rings is 1. The zero-order chi connectivity index (χ0) is 22.9. The summed E-state index contributed by atoms with van der Waals surface area (Å²) in [7, 11) is 0. The van der Waals surface area contributed by atoms with Crippen molar-refractivity contribution >= 4 is 17.0 Å². The second-order valence-corrected chi connectivity index (χ2v) is 8.17. The summed E-state index contributed by atoms with van der Waals surface area (Å²) in [6.45, 7) is 7.89. The lowest BCUT2D eigenvalue weighted by molar-refractivity contribution is 0.0754. The monoisotopic (exact) mass is 443 g/mol. The molecule has 2 aromatic heterocycles. The molecule has 0 atom stereocenters. The van der Waals surface area contributed by atoms with Crippen molar-refractivity contribution in [1.82, 2.24) is 15.0 Å². The highest BCUT2D eigenvalue weighted by molar-refractivity contribution is 6.07. The molecule has 168 valence electrons. The summed E-state index contributed by atoms with van der Waals surface area (Å²) in [5, 5.41) is 4.72. The standard InChI is InChI=1S/C26H25N3O4/c1-4-29(15-18-7-10-22-23(13-18)32-12-11-31-22)26(30)20-14-21(19-8-5-16(2)6-9-19)27-25-24(20)17(3)28-33-25/h5-10,13-14H,4,11-12,15H2,1-3H3. The Morgan fingerprint density at radius 1 is 1.00 bits per heavy atom. The predicted octanol–water partition coefficient (Wildman–Crippen LogP) is 4.94. The van der Waals surface area contributed by atoms with Crippen LogP contribution in [0.4, 0.5) is 0 Å². The number of aromatic nitrogens is 2. The fourth-order valence-corrected chi connectivity index (χ4v) is 4.04. The van der Waals surface area contributed by atoms with E-state index in [1.807, 2.05) is 69.3 Å². The van der Waals surface area contributed by atoms with E-state index < -0.39 is 0 Å². The van der Waals surface area contributed by atoms with Crippen molar-refractivity contribution in [2.24, 2.45) is 0 Å². The number of ether oxygens (including phenoxy) is 2. The van der Waals surface area contributed by atoms with Crippen LogP contribution in [-0.2, 0) is 6.54 Å². The van der Waals surface area contributed by atoms with E-state index in [1.165, 1.54) is 0 Å². The van der Waals surface area contributed by atoms with Gasteiger partial charge in [0.05, 0.1) is 22.3 Å². The van der Waals surface area contributed by atoms with Crippen LogP contribution in [0.2, 0.25) is 0 Å². The quantitative estimate of drug-likeness (QED) is 0.435. The first kappa shape index (κ1) is 21.0. The van der Waals surface area contributed by atoms with Gasteiger partial charge >= 0.3 is 0 Å². The van der Waals surface area contributed by atoms with Crippen LogP contribution in [0.25, 0.3) is 22.4 Å². The molecule has 0 saturated heterocycles. The Bertz CT molecular complexity index is 1330. The highest BCUT2D eigenvalue weighted by atomic mass is 16.6. The minimum absolute atomic E-state index is 0.0977. The van der Waals surface area contributed by atoms with Crippen LogP contribution in [0, 0.1) is 13.8 Å². The number of hydrogen-bond acceptors (Lipinski definition) is 6. The number of amides is 1. The maximum atomic E-state index is 13.7. The molecule has 4 aromatic rings. The van der Waals surface area contributed by atoms with Crippen LogP contribution in [0.5, 0.6) is 11.5 Å². The van der Waals surface area contributed by atoms with Crippen LogP contribution in [0.1, 0.15) is 34.1 Å². The lowest BCUT2D eigenvalue weighted by Crippen LogP contribution is -2.30. The molecule has 0 radical (unpaired) electrons. The molecule has 0 aliphatic carbocycles. The molecule has 7 heteroatoms. The number of hydrogen-bond donors (Lipinski definition) is 0. The van der Waals surface area contributed by atoms with E-state index in [9.17, 15) is 4.79 Å². The van der Waals surface area contributed by atoms with Gasteiger partial charge in [0.1, 0.15) is 13.2 Å². The number of fused-ring (bicyclic) bond motifs is 2. The fraction of sp³-hybridized carbons (Fsp3) is 0.269. The summed E-state index contributed by atoms with van der Waals surface area (Å²) >= 11 is 0. The van der Waals surface area contributed by atoms with Gasteiger partial charge < -0.3 is 18.9 Å². The largest absolute Gasteiger partial charge is 0.486 e. The van der Waals surface area contributed by atoms with E-state index in [0.29, 0.717) is 60.1 Å². The third-order valence-corrected chi connectivity index (χ3v) is 5.84. The third kappa shape index (κ3) is 4.02. The molecule has 1 aliphatic rings. The van der Waals surface area contributed by atoms with Gasteiger partial charge in [-0.3, -0.25) is 4.79 Å². The van der Waals surface area contributed by atoms with Crippen LogP contribution >= 0.6 is 0 Å². The molecule has 0 fully saturated rings. The number of carbonyl (C=O) groups is 1. The molecule has 0 N–H and O–H groups in total. The van der Waals surface area contributed by atoms with E-state index in [0.717, 1.165) is 22.4 Å². The first-order valence-electron chi connectivity index (χ1n) is 11.1. The van der Waals surface area contributed by atoms with Gasteiger partial charge in [-0.05, 0) is 44.5 Å². The average molecular weight is 444 g/mol. The van der Waals surface area contributed by atoms with Crippen molar-refractivity contribution in [2.45, 2.75) is 27.3 Å². The van der Waals surface area contributed by atoms with Crippen molar-refractivity contribution in [1.29, 1.82) is 0 Å². The lowest BCUT2D eigenvalue weighted by Gasteiger charge is -2.23. The number of nitrogens with zero attached hydrogens (tertiary/aromatic N) is 3. The smallest absolute Gasteiger partial charge is 0.259 e. The van der Waals surface area contributed by atoms with Crippen molar-refractivity contribution in [2.75, 3.05) is 19.8 Å². The summed E-state index contributed by atoms with van der Waals surface area (Å²) < 4.78 is 16.8. The summed E-state index contributed by atoms with van der Waals surface area (Å²) in [5.74, 6) is 1.35. The zero-order valence-corrected chi connectivity index (χ0v) is 18.9. The number of benzene rings is 2. The highest BCUT2D eigenvalue weighted by Gasteiger charge is 2.23. The molecular weight excluding hydrogens is 418 g/mol. The highest BCUT2D eigenvalue weighted by Crippen LogP contribution is 2.32. The van der Waals surface area contributed by atoms with Crippen LogP contribution in [0.3, 0.4) is 0 Å². The molecule has 0 spiro atoms. The van der Waals surface area contributed by atoms with Crippen molar-refractivity contribution in [3.63, 3.8) is 0 Å². The Morgan fingerprint density at radius 2 is 1.76 bits per heavy atom. The summed E-state index contributed by atoms with van der Waals surface area (Å²) in [5.41, 5.74) is 5.27. The first-order chi connectivity index (χ1) is 16.0. The van der Waals surface area contributed by atoms with E-state index in [4.69, 9.17) is 14.0 Å². The van der Waals surface area contributed by atoms with Crippen molar-refractivity contribution in [3.05, 3.63) is 70.9 Å². The number of carbonyl (C=O) groups excluding carboxylic acids is 1. The third-order valence-electron chi connectivity index (χ3n) is 5.84. The van der Waals surface area contributed by atoms with Gasteiger partial charge in [0.2, 0.25) is 0 Å². The summed E-state index contributed by atoms with van der Waals surface area (Å²) in [6, 6.07) is 15.7. The van der Waals surface area contributed by atoms with E-state index in [-0.39, 0.29) is 5.91 Å². The molecule has 0 bridgehead atoms. The van der Waals surface area contributed by atoms with Crippen LogP contribution < -0.4 is 9.47 Å². The molecule has 0 saturated carbocycles. The minimum Gasteiger partial charge on any atom is -0.486 e. The van der Waals surface area contributed by atoms with Gasteiger partial charge in [0, 0.05) is 18.7 Å². The Balaban J connectivity index is 1.52. The number of aryl methyl sites for hydroxylation is 2. The molecule has 7 nitrogen and oxygen atoms in total. The molecular formula is C26H25N3O4. The predicted molar refractivity (Wildman–Crippen MR) is 125 cm³/mol. The average Bonchev–Trinajstić information content (AvgIpc) is 3.22. The first-order valence-corrected chi connectivity index (χ1v) is 11.1. The van der Waals surface area contributed by atoms with E-state index in [1.54, 1.807) is 4.90 Å². The summed E-state index contributed by atoms with van der Waals surface area (Å²) in [4.78, 5) is 20.2. The van der Waals surface area contributed by atoms with Crippen LogP contribution in [0.15, 0.2) is 53.1 Å². The molecule has 1 amide bonds. The maximum Gasteiger partial charge on any atom is 0.259 e. The Labute approximate surface area is 191 Å². The second-order valence-electron chi connectivity index (χ2n) is 8.17. The van der Waals surface area contributed by atoms with Crippen molar-refractivity contribution in [3.8, 4) is 22.8 Å². The molecule has 3 heterocycles. The van der Waals surface area contributed by atoms with Gasteiger partial charge in [0.15, 0.2) is 11.5 Å². The normalized spacial score (nSPS) is 12.7. The Kier molecular flexibility index (Phi) is 5.46. The van der Waals surface area contributed by atoms with Crippen LogP contribution in [-0.4, -0.2) is 40.7 Å². The maximum absolute atomic E-state index is 13.7. The van der Waals surface area contributed by atoms with Gasteiger partial charge in [-0.1, -0.05) is 41.1 Å². The van der Waals surface area contributed by atoms with Gasteiger partial charge in [0.25, 0.3) is 11.6 Å². The Morgan fingerprint density at radius 3 is 2.52 bits per heavy atom. The molecule has 1 aliphatic heterocycles. The molecule has 33 heavy (non-hydrogen) atoms. The van der Waals surface area contributed by atoms with E-state index in [2.05, 4.69) is 10.1 Å². The molecule has 5 rings (SSSR count). The van der Waals surface area contributed by atoms with E-state index >= 15 is 0 Å². The second kappa shape index (κ2) is 8.58. The molecule has 0 unspecified atom stereocenters.